The lowest BCUT2D eigenvalue weighted by Gasteiger charge is -2.21. The summed E-state index contributed by atoms with van der Waals surface area (Å²) in [4.78, 5) is 11.8. The summed E-state index contributed by atoms with van der Waals surface area (Å²) in [6.07, 6.45) is 1.21. The van der Waals surface area contributed by atoms with Crippen molar-refractivity contribution in [2.75, 3.05) is 20.8 Å². The summed E-state index contributed by atoms with van der Waals surface area (Å²) in [5, 5.41) is 3.34. The highest BCUT2D eigenvalue weighted by Gasteiger charge is 2.18. The number of ether oxygens (including phenoxy) is 3. The second-order valence-corrected chi connectivity index (χ2v) is 6.59. The van der Waals surface area contributed by atoms with E-state index in [1.54, 1.807) is 14.2 Å². The fourth-order valence-corrected chi connectivity index (χ4v) is 2.20. The molecule has 0 fully saturated rings. The van der Waals surface area contributed by atoms with Crippen molar-refractivity contribution in [1.82, 2.24) is 5.32 Å². The molecule has 0 amide bonds. The van der Waals surface area contributed by atoms with E-state index >= 15 is 0 Å². The fourth-order valence-electron chi connectivity index (χ4n) is 2.20. The standard InChI is InChI=1S/C18H29NO4/c1-13(11-17(20)23-18(2,3)4)19-10-9-14-7-8-15(21-5)16(12-14)22-6/h7-8,12-13,19H,9-11H2,1-6H3/t13-/m0/s1. The molecule has 1 aromatic carbocycles. The molecule has 23 heavy (non-hydrogen) atoms. The number of rotatable bonds is 8. The Kier molecular flexibility index (Phi) is 7.36. The van der Waals surface area contributed by atoms with Crippen LogP contribution >= 0.6 is 0 Å². The smallest absolute Gasteiger partial charge is 0.307 e. The zero-order valence-electron chi connectivity index (χ0n) is 15.1. The molecular formula is C18H29NO4. The van der Waals surface area contributed by atoms with Gasteiger partial charge in [-0.05, 0) is 58.4 Å². The van der Waals surface area contributed by atoms with Gasteiger partial charge in [-0.15, -0.1) is 0 Å². The highest BCUT2D eigenvalue weighted by molar-refractivity contribution is 5.70. The summed E-state index contributed by atoms with van der Waals surface area (Å²) in [7, 11) is 3.25. The van der Waals surface area contributed by atoms with Gasteiger partial charge in [0.15, 0.2) is 11.5 Å². The Morgan fingerprint density at radius 2 is 1.83 bits per heavy atom. The van der Waals surface area contributed by atoms with Gasteiger partial charge in [0, 0.05) is 6.04 Å². The lowest BCUT2D eigenvalue weighted by Crippen LogP contribution is -2.33. The van der Waals surface area contributed by atoms with Crippen molar-refractivity contribution in [3.8, 4) is 11.5 Å². The molecule has 130 valence electrons. The SMILES string of the molecule is COc1ccc(CCN[C@@H](C)CC(=O)OC(C)(C)C)cc1OC. The van der Waals surface area contributed by atoms with Crippen molar-refractivity contribution in [1.29, 1.82) is 0 Å². The van der Waals surface area contributed by atoms with E-state index < -0.39 is 5.60 Å². The number of nitrogens with one attached hydrogen (secondary N) is 1. The molecule has 1 atom stereocenters. The van der Waals surface area contributed by atoms with E-state index in [9.17, 15) is 4.79 Å². The van der Waals surface area contributed by atoms with Gasteiger partial charge in [-0.1, -0.05) is 6.07 Å². The number of carbonyl (C=O) groups is 1. The Hall–Kier alpha value is -1.75. The number of carbonyl (C=O) groups excluding carboxylic acids is 1. The second kappa shape index (κ2) is 8.77. The first kappa shape index (κ1) is 19.3. The molecule has 0 spiro atoms. The summed E-state index contributed by atoms with van der Waals surface area (Å²) in [5.41, 5.74) is 0.718. The van der Waals surface area contributed by atoms with Crippen LogP contribution in [-0.4, -0.2) is 38.4 Å². The predicted octanol–water partition coefficient (Wildman–Crippen LogP) is 2.96. The number of methoxy groups -OCH3 is 2. The summed E-state index contributed by atoms with van der Waals surface area (Å²) in [6, 6.07) is 5.96. The van der Waals surface area contributed by atoms with E-state index in [0.717, 1.165) is 30.0 Å². The summed E-state index contributed by atoms with van der Waals surface area (Å²) < 4.78 is 15.8. The number of hydrogen-bond donors (Lipinski definition) is 1. The van der Waals surface area contributed by atoms with Crippen molar-refractivity contribution >= 4 is 5.97 Å². The summed E-state index contributed by atoms with van der Waals surface area (Å²) in [5.74, 6) is 1.28. The largest absolute Gasteiger partial charge is 0.493 e. The van der Waals surface area contributed by atoms with Crippen molar-refractivity contribution in [3.05, 3.63) is 23.8 Å². The van der Waals surface area contributed by atoms with Crippen LogP contribution in [0.15, 0.2) is 18.2 Å². The highest BCUT2D eigenvalue weighted by atomic mass is 16.6. The van der Waals surface area contributed by atoms with Gasteiger partial charge in [-0.2, -0.15) is 0 Å². The molecule has 1 N–H and O–H groups in total. The molecule has 1 rings (SSSR count). The molecule has 0 aliphatic carbocycles. The Morgan fingerprint density at radius 3 is 2.39 bits per heavy atom. The monoisotopic (exact) mass is 323 g/mol. The maximum absolute atomic E-state index is 11.8. The molecule has 0 saturated heterocycles. The van der Waals surface area contributed by atoms with Gasteiger partial charge in [-0.25, -0.2) is 0 Å². The average Bonchev–Trinajstić information content (AvgIpc) is 2.44. The minimum absolute atomic E-state index is 0.0741. The van der Waals surface area contributed by atoms with Crippen LogP contribution in [0.4, 0.5) is 0 Å². The molecule has 0 aliphatic rings. The Labute approximate surface area is 139 Å². The first-order chi connectivity index (χ1) is 10.7. The molecule has 1 aromatic rings. The Morgan fingerprint density at radius 1 is 1.17 bits per heavy atom. The van der Waals surface area contributed by atoms with Gasteiger partial charge in [-0.3, -0.25) is 4.79 Å². The normalized spacial score (nSPS) is 12.6. The Bertz CT molecular complexity index is 508. The maximum atomic E-state index is 11.8. The summed E-state index contributed by atoms with van der Waals surface area (Å²) in [6.45, 7) is 8.39. The van der Waals surface area contributed by atoms with Crippen LogP contribution in [0.1, 0.15) is 39.7 Å². The van der Waals surface area contributed by atoms with Crippen LogP contribution in [-0.2, 0) is 16.0 Å². The zero-order valence-corrected chi connectivity index (χ0v) is 15.1. The molecule has 5 heteroatoms. The predicted molar refractivity (Wildman–Crippen MR) is 91.2 cm³/mol. The van der Waals surface area contributed by atoms with Crippen LogP contribution in [0.5, 0.6) is 11.5 Å². The quantitative estimate of drug-likeness (QED) is 0.745. The van der Waals surface area contributed by atoms with Crippen LogP contribution in [0, 0.1) is 0 Å². The minimum Gasteiger partial charge on any atom is -0.493 e. The second-order valence-electron chi connectivity index (χ2n) is 6.59. The molecule has 0 unspecified atom stereocenters. The fraction of sp³-hybridized carbons (Fsp3) is 0.611. The molecule has 0 bridgehead atoms. The number of hydrogen-bond acceptors (Lipinski definition) is 5. The van der Waals surface area contributed by atoms with E-state index in [4.69, 9.17) is 14.2 Å². The van der Waals surface area contributed by atoms with E-state index in [-0.39, 0.29) is 12.0 Å². The first-order valence-electron chi connectivity index (χ1n) is 7.91. The number of esters is 1. The van der Waals surface area contributed by atoms with Crippen LogP contribution in [0.25, 0.3) is 0 Å². The van der Waals surface area contributed by atoms with Crippen molar-refractivity contribution < 1.29 is 19.0 Å². The van der Waals surface area contributed by atoms with Crippen molar-refractivity contribution in [3.63, 3.8) is 0 Å². The van der Waals surface area contributed by atoms with Gasteiger partial charge < -0.3 is 19.5 Å². The topological polar surface area (TPSA) is 56.8 Å². The molecular weight excluding hydrogens is 294 g/mol. The molecule has 5 nitrogen and oxygen atoms in total. The van der Waals surface area contributed by atoms with Gasteiger partial charge in [0.05, 0.1) is 20.6 Å². The minimum atomic E-state index is -0.434. The molecule has 0 heterocycles. The van der Waals surface area contributed by atoms with Gasteiger partial charge in [0.25, 0.3) is 0 Å². The number of benzene rings is 1. The third-order valence-corrected chi connectivity index (χ3v) is 3.25. The van der Waals surface area contributed by atoms with E-state index in [1.165, 1.54) is 0 Å². The lowest BCUT2D eigenvalue weighted by atomic mass is 10.1. The zero-order chi connectivity index (χ0) is 17.5. The molecule has 0 saturated carbocycles. The van der Waals surface area contributed by atoms with Crippen molar-refractivity contribution in [2.45, 2.75) is 52.2 Å². The molecule has 0 aliphatic heterocycles. The van der Waals surface area contributed by atoms with Crippen molar-refractivity contribution in [2.24, 2.45) is 0 Å². The third-order valence-electron chi connectivity index (χ3n) is 3.25. The van der Waals surface area contributed by atoms with Crippen LogP contribution in [0.2, 0.25) is 0 Å². The Balaban J connectivity index is 2.40. The van der Waals surface area contributed by atoms with Crippen LogP contribution in [0.3, 0.4) is 0 Å². The van der Waals surface area contributed by atoms with Gasteiger partial charge in [0.2, 0.25) is 0 Å². The van der Waals surface area contributed by atoms with Gasteiger partial charge in [0.1, 0.15) is 5.60 Å². The van der Waals surface area contributed by atoms with Crippen LogP contribution < -0.4 is 14.8 Å². The van der Waals surface area contributed by atoms with E-state index in [2.05, 4.69) is 5.32 Å². The average molecular weight is 323 g/mol. The lowest BCUT2D eigenvalue weighted by molar-refractivity contribution is -0.155. The molecule has 0 aromatic heterocycles. The molecule has 0 radical (unpaired) electrons. The summed E-state index contributed by atoms with van der Waals surface area (Å²) >= 11 is 0. The highest BCUT2D eigenvalue weighted by Crippen LogP contribution is 2.27. The third kappa shape index (κ3) is 7.37. The van der Waals surface area contributed by atoms with Gasteiger partial charge >= 0.3 is 5.97 Å². The van der Waals surface area contributed by atoms with E-state index in [0.29, 0.717) is 6.42 Å². The van der Waals surface area contributed by atoms with E-state index in [1.807, 2.05) is 45.9 Å². The first-order valence-corrected chi connectivity index (χ1v) is 7.91. The maximum Gasteiger partial charge on any atom is 0.307 e.